The van der Waals surface area contributed by atoms with Gasteiger partial charge >= 0.3 is 12.1 Å². The highest BCUT2D eigenvalue weighted by Crippen LogP contribution is 2.28. The van der Waals surface area contributed by atoms with Crippen molar-refractivity contribution in [2.24, 2.45) is 17.8 Å². The maximum Gasteiger partial charge on any atom is 0.490 e. The van der Waals surface area contributed by atoms with Gasteiger partial charge in [0, 0.05) is 17.7 Å². The number of rotatable bonds is 5. The average Bonchev–Trinajstić information content (AvgIpc) is 2.53. The molecule has 2 rings (SSSR count). The highest BCUT2D eigenvalue weighted by atomic mass is 19.4. The van der Waals surface area contributed by atoms with Crippen molar-refractivity contribution in [3.63, 3.8) is 0 Å². The summed E-state index contributed by atoms with van der Waals surface area (Å²) in [6.07, 6.45) is 3.00. The second-order valence-corrected chi connectivity index (χ2v) is 7.21. The topological polar surface area (TPSA) is 50.4 Å². The number of hydrogen-bond donors (Lipinski definition) is 2. The van der Waals surface area contributed by atoms with Crippen LogP contribution in [-0.2, 0) is 9.53 Å². The molecular weight excluding hydrogens is 321 g/mol. The molecular formula is C17H27F3N2O2. The van der Waals surface area contributed by atoms with E-state index in [1.165, 1.54) is 12.8 Å². The van der Waals surface area contributed by atoms with Gasteiger partial charge in [0.15, 0.2) is 0 Å². The first kappa shape index (κ1) is 19.1. The zero-order chi connectivity index (χ0) is 17.7. The zero-order valence-corrected chi connectivity index (χ0v) is 14.3. The molecule has 0 aliphatic heterocycles. The molecule has 0 spiro atoms. The second-order valence-electron chi connectivity index (χ2n) is 7.21. The minimum absolute atomic E-state index is 0.169. The lowest BCUT2D eigenvalue weighted by Gasteiger charge is -2.34. The van der Waals surface area contributed by atoms with Crippen LogP contribution in [0.2, 0.25) is 0 Å². The van der Waals surface area contributed by atoms with Crippen molar-refractivity contribution in [3.05, 3.63) is 11.8 Å². The first-order valence-electron chi connectivity index (χ1n) is 8.72. The molecule has 138 valence electrons. The Kier molecular flexibility index (Phi) is 6.54. The highest BCUT2D eigenvalue weighted by molar-refractivity contribution is 5.75. The summed E-state index contributed by atoms with van der Waals surface area (Å²) in [7, 11) is 0. The van der Waals surface area contributed by atoms with Gasteiger partial charge in [-0.3, -0.25) is 0 Å². The fourth-order valence-electron chi connectivity index (χ4n) is 3.42. The molecule has 2 aliphatic carbocycles. The number of ether oxygens (including phenoxy) is 1. The van der Waals surface area contributed by atoms with Gasteiger partial charge in [0.25, 0.3) is 0 Å². The van der Waals surface area contributed by atoms with E-state index in [2.05, 4.69) is 29.4 Å². The van der Waals surface area contributed by atoms with Crippen LogP contribution in [-0.4, -0.2) is 24.8 Å². The van der Waals surface area contributed by atoms with Crippen molar-refractivity contribution in [2.75, 3.05) is 6.61 Å². The molecule has 0 aromatic carbocycles. The average molecular weight is 348 g/mol. The van der Waals surface area contributed by atoms with Gasteiger partial charge < -0.3 is 10.2 Å². The third-order valence-electron chi connectivity index (χ3n) is 4.99. The summed E-state index contributed by atoms with van der Waals surface area (Å²) in [5.41, 5.74) is 7.59. The minimum Gasteiger partial charge on any atom is -0.458 e. The molecule has 1 saturated carbocycles. The van der Waals surface area contributed by atoms with Gasteiger partial charge in [-0.2, -0.15) is 13.2 Å². The number of esters is 1. The molecule has 0 amide bonds. The van der Waals surface area contributed by atoms with E-state index >= 15 is 0 Å². The summed E-state index contributed by atoms with van der Waals surface area (Å²) in [4.78, 5) is 10.8. The van der Waals surface area contributed by atoms with Crippen molar-refractivity contribution in [3.8, 4) is 0 Å². The standard InChI is InChI=1S/C17H27F3N2O2/c1-11-6-7-12(2)15(8-11)22-21-14-5-3-4-13(9-14)10-24-16(23)17(18,19)20/h9,11-13,15,21-22H,3-8,10H2,1-2H3/t11-,12-,13?,15+/m0/s1. The smallest absolute Gasteiger partial charge is 0.458 e. The summed E-state index contributed by atoms with van der Waals surface area (Å²) in [6.45, 7) is 4.27. The van der Waals surface area contributed by atoms with Crippen LogP contribution >= 0.6 is 0 Å². The maximum absolute atomic E-state index is 12.2. The fourth-order valence-corrected chi connectivity index (χ4v) is 3.42. The van der Waals surface area contributed by atoms with E-state index in [-0.39, 0.29) is 12.5 Å². The van der Waals surface area contributed by atoms with Crippen molar-refractivity contribution < 1.29 is 22.7 Å². The Balaban J connectivity index is 1.80. The third kappa shape index (κ3) is 5.69. The predicted octanol–water partition coefficient (Wildman–Crippen LogP) is 3.69. The monoisotopic (exact) mass is 348 g/mol. The number of nitrogens with one attached hydrogen (secondary N) is 2. The van der Waals surface area contributed by atoms with E-state index in [1.807, 2.05) is 6.08 Å². The van der Waals surface area contributed by atoms with Crippen LogP contribution in [0, 0.1) is 17.8 Å². The van der Waals surface area contributed by atoms with E-state index in [0.717, 1.165) is 31.4 Å². The Morgan fingerprint density at radius 1 is 1.29 bits per heavy atom. The lowest BCUT2D eigenvalue weighted by atomic mass is 9.80. The summed E-state index contributed by atoms with van der Waals surface area (Å²) in [5, 5.41) is 0. The molecule has 2 aliphatic rings. The Morgan fingerprint density at radius 2 is 2.04 bits per heavy atom. The number of hydrazine groups is 1. The molecule has 4 atom stereocenters. The Morgan fingerprint density at radius 3 is 2.75 bits per heavy atom. The van der Waals surface area contributed by atoms with E-state index in [0.29, 0.717) is 17.9 Å². The van der Waals surface area contributed by atoms with Gasteiger partial charge in [0.05, 0.1) is 6.61 Å². The maximum atomic E-state index is 12.2. The quantitative estimate of drug-likeness (QED) is 0.588. The minimum atomic E-state index is -4.92. The van der Waals surface area contributed by atoms with E-state index in [4.69, 9.17) is 0 Å². The molecule has 0 bridgehead atoms. The third-order valence-corrected chi connectivity index (χ3v) is 4.99. The normalized spacial score (nSPS) is 31.3. The van der Waals surface area contributed by atoms with Crippen molar-refractivity contribution >= 4 is 5.97 Å². The summed E-state index contributed by atoms with van der Waals surface area (Å²) < 4.78 is 40.9. The number of carbonyl (C=O) groups excluding carboxylic acids is 1. The van der Waals surface area contributed by atoms with Crippen LogP contribution in [0.3, 0.4) is 0 Å². The molecule has 0 saturated heterocycles. The van der Waals surface area contributed by atoms with Gasteiger partial charge in [-0.15, -0.1) is 0 Å². The fraction of sp³-hybridized carbons (Fsp3) is 0.824. The first-order valence-corrected chi connectivity index (χ1v) is 8.72. The lowest BCUT2D eigenvalue weighted by Crippen LogP contribution is -2.46. The Hall–Kier alpha value is -1.24. The van der Waals surface area contributed by atoms with Crippen molar-refractivity contribution in [1.29, 1.82) is 0 Å². The van der Waals surface area contributed by atoms with E-state index < -0.39 is 12.1 Å². The molecule has 0 aromatic rings. The molecule has 2 N–H and O–H groups in total. The van der Waals surface area contributed by atoms with Crippen LogP contribution in [0.4, 0.5) is 13.2 Å². The van der Waals surface area contributed by atoms with E-state index in [9.17, 15) is 18.0 Å². The molecule has 1 unspecified atom stereocenters. The number of allylic oxidation sites excluding steroid dienone is 1. The van der Waals surface area contributed by atoms with Gasteiger partial charge in [0.2, 0.25) is 0 Å². The van der Waals surface area contributed by atoms with Crippen LogP contribution < -0.4 is 10.9 Å². The molecule has 4 nitrogen and oxygen atoms in total. The van der Waals surface area contributed by atoms with Gasteiger partial charge in [-0.1, -0.05) is 26.3 Å². The van der Waals surface area contributed by atoms with Crippen molar-refractivity contribution in [2.45, 2.75) is 64.6 Å². The number of alkyl halides is 3. The zero-order valence-electron chi connectivity index (χ0n) is 14.3. The molecule has 7 heteroatoms. The van der Waals surface area contributed by atoms with Gasteiger partial charge in [-0.25, -0.2) is 10.2 Å². The largest absolute Gasteiger partial charge is 0.490 e. The summed E-state index contributed by atoms with van der Waals surface area (Å²) in [5.74, 6) is -0.979. The number of hydrogen-bond acceptors (Lipinski definition) is 4. The van der Waals surface area contributed by atoms with Crippen LogP contribution in [0.15, 0.2) is 11.8 Å². The lowest BCUT2D eigenvalue weighted by molar-refractivity contribution is -0.200. The predicted molar refractivity (Wildman–Crippen MR) is 84.7 cm³/mol. The number of carbonyl (C=O) groups is 1. The SMILES string of the molecule is C[C@H]1CC[C@H](C)[C@H](NNC2=CC(COC(=O)C(F)(F)F)CCC2)C1. The Bertz CT molecular complexity index is 465. The van der Waals surface area contributed by atoms with Gasteiger partial charge in [-0.05, 0) is 43.9 Å². The molecule has 0 heterocycles. The molecule has 0 radical (unpaired) electrons. The molecule has 24 heavy (non-hydrogen) atoms. The second kappa shape index (κ2) is 8.23. The number of halogens is 3. The highest BCUT2D eigenvalue weighted by Gasteiger charge is 2.41. The summed E-state index contributed by atoms with van der Waals surface area (Å²) >= 11 is 0. The van der Waals surface area contributed by atoms with Crippen LogP contribution in [0.1, 0.15) is 52.4 Å². The Labute approximate surface area is 141 Å². The van der Waals surface area contributed by atoms with Crippen LogP contribution in [0.25, 0.3) is 0 Å². The van der Waals surface area contributed by atoms with Crippen molar-refractivity contribution in [1.82, 2.24) is 10.9 Å². The molecule has 1 fully saturated rings. The van der Waals surface area contributed by atoms with E-state index in [1.54, 1.807) is 0 Å². The molecule has 0 aromatic heterocycles. The van der Waals surface area contributed by atoms with Crippen LogP contribution in [0.5, 0.6) is 0 Å². The van der Waals surface area contributed by atoms with Gasteiger partial charge in [0.1, 0.15) is 0 Å². The first-order chi connectivity index (χ1) is 11.3. The summed E-state index contributed by atoms with van der Waals surface area (Å²) in [6, 6.07) is 0.401.